The molecule has 1 aliphatic carbocycles. The van der Waals surface area contributed by atoms with E-state index in [9.17, 15) is 19.8 Å². The summed E-state index contributed by atoms with van der Waals surface area (Å²) < 4.78 is 5.54. The average molecular weight is 517 g/mol. The number of anilines is 1. The number of phenolic OH excluding ortho intramolecular Hbond substituents is 2. The Morgan fingerprint density at radius 3 is 2.53 bits per heavy atom. The summed E-state index contributed by atoms with van der Waals surface area (Å²) in [6, 6.07) is 14.7. The van der Waals surface area contributed by atoms with Gasteiger partial charge in [-0.3, -0.25) is 14.5 Å². The van der Waals surface area contributed by atoms with Crippen LogP contribution in [0.2, 0.25) is 0 Å². The van der Waals surface area contributed by atoms with Crippen LogP contribution in [0.4, 0.5) is 5.69 Å². The maximum atomic E-state index is 13.9. The lowest BCUT2D eigenvalue weighted by Crippen LogP contribution is -2.47. The Hall–Kier alpha value is -4.67. The van der Waals surface area contributed by atoms with Gasteiger partial charge in [-0.15, -0.1) is 10.2 Å². The van der Waals surface area contributed by atoms with Gasteiger partial charge < -0.3 is 19.9 Å². The highest BCUT2D eigenvalue weighted by atomic mass is 16.3. The van der Waals surface area contributed by atoms with Crippen LogP contribution in [0.25, 0.3) is 11.6 Å². The lowest BCUT2D eigenvalue weighted by molar-refractivity contribution is -0.127. The molecule has 2 aromatic heterocycles. The number of rotatable bonds is 8. The third-order valence-corrected chi connectivity index (χ3v) is 6.48. The number of hydrogen-bond donors (Lipinski definition) is 3. The second kappa shape index (κ2) is 10.8. The zero-order valence-corrected chi connectivity index (χ0v) is 20.8. The first-order valence-electron chi connectivity index (χ1n) is 12.4. The van der Waals surface area contributed by atoms with Crippen molar-refractivity contribution in [1.82, 2.24) is 25.5 Å². The molecule has 2 amide bonds. The molecule has 11 nitrogen and oxygen atoms in total. The normalized spacial score (nSPS) is 14.3. The van der Waals surface area contributed by atoms with Gasteiger partial charge in [-0.2, -0.15) is 4.80 Å². The number of carbonyl (C=O) groups is 2. The first-order chi connectivity index (χ1) is 18.4. The van der Waals surface area contributed by atoms with E-state index in [1.54, 1.807) is 43.3 Å². The number of amides is 2. The van der Waals surface area contributed by atoms with E-state index in [2.05, 4.69) is 20.7 Å². The molecule has 5 rings (SSSR count). The number of nitrogens with zero attached hydrogens (tertiary/aromatic N) is 5. The van der Waals surface area contributed by atoms with Gasteiger partial charge in [0, 0.05) is 17.8 Å². The molecule has 0 saturated heterocycles. The Morgan fingerprint density at radius 1 is 1.08 bits per heavy atom. The number of benzene rings is 2. The van der Waals surface area contributed by atoms with Crippen molar-refractivity contribution in [1.29, 1.82) is 0 Å². The number of furan rings is 1. The number of carbonyl (C=O) groups excluding carboxylic acids is 2. The fraction of sp³-hybridized carbons (Fsp3) is 0.296. The molecule has 0 spiro atoms. The van der Waals surface area contributed by atoms with Crippen LogP contribution < -0.4 is 10.2 Å². The van der Waals surface area contributed by atoms with Gasteiger partial charge in [0.2, 0.25) is 11.7 Å². The molecule has 2 heterocycles. The van der Waals surface area contributed by atoms with Crippen LogP contribution in [0, 0.1) is 6.92 Å². The highest BCUT2D eigenvalue weighted by molar-refractivity contribution is 6.01. The van der Waals surface area contributed by atoms with Gasteiger partial charge in [0.05, 0.1) is 0 Å². The average Bonchev–Trinajstić information content (AvgIpc) is 3.66. The third-order valence-electron chi connectivity index (χ3n) is 6.48. The summed E-state index contributed by atoms with van der Waals surface area (Å²) in [5, 5.41) is 35.4. The van der Waals surface area contributed by atoms with Crippen molar-refractivity contribution in [2.24, 2.45) is 0 Å². The monoisotopic (exact) mass is 516 g/mol. The van der Waals surface area contributed by atoms with E-state index in [4.69, 9.17) is 4.42 Å². The van der Waals surface area contributed by atoms with Crippen molar-refractivity contribution in [3.63, 3.8) is 0 Å². The van der Waals surface area contributed by atoms with E-state index < -0.39 is 11.9 Å². The number of tetrazole rings is 1. The second-order valence-electron chi connectivity index (χ2n) is 9.32. The molecule has 0 aliphatic heterocycles. The molecule has 1 saturated carbocycles. The summed E-state index contributed by atoms with van der Waals surface area (Å²) in [5.74, 6) is 0.439. The molecule has 11 heteroatoms. The minimum Gasteiger partial charge on any atom is -0.508 e. The number of nitrogens with one attached hydrogen (secondary N) is 1. The second-order valence-corrected chi connectivity index (χ2v) is 9.32. The van der Waals surface area contributed by atoms with E-state index >= 15 is 0 Å². The number of hydrogen-bond acceptors (Lipinski definition) is 8. The maximum absolute atomic E-state index is 13.9. The predicted molar refractivity (Wildman–Crippen MR) is 137 cm³/mol. The first kappa shape index (κ1) is 25.0. The van der Waals surface area contributed by atoms with Gasteiger partial charge in [-0.25, -0.2) is 0 Å². The van der Waals surface area contributed by atoms with Gasteiger partial charge in [-0.1, -0.05) is 31.0 Å². The predicted octanol–water partition coefficient (Wildman–Crippen LogP) is 3.49. The number of aromatic hydroxyl groups is 2. The zero-order valence-electron chi connectivity index (χ0n) is 20.8. The SMILES string of the molecule is Cc1ccc(-c2nnn(CC(=O)N(c3cccc(O)c3)[C@@H](C(=O)NC3CCCC3)c3ccc(O)cc3)n2)o1. The number of aryl methyl sites for hydroxylation is 1. The fourth-order valence-corrected chi connectivity index (χ4v) is 4.67. The largest absolute Gasteiger partial charge is 0.508 e. The van der Waals surface area contributed by atoms with E-state index in [1.165, 1.54) is 29.2 Å². The van der Waals surface area contributed by atoms with Crippen LogP contribution >= 0.6 is 0 Å². The topological polar surface area (TPSA) is 147 Å². The molecule has 0 radical (unpaired) electrons. The minimum absolute atomic E-state index is 0.0135. The molecule has 0 bridgehead atoms. The smallest absolute Gasteiger partial charge is 0.251 e. The molecule has 2 aromatic carbocycles. The molecule has 38 heavy (non-hydrogen) atoms. The summed E-state index contributed by atoms with van der Waals surface area (Å²) in [6.07, 6.45) is 3.79. The highest BCUT2D eigenvalue weighted by Crippen LogP contribution is 2.32. The lowest BCUT2D eigenvalue weighted by atomic mass is 10.0. The molecule has 196 valence electrons. The van der Waals surface area contributed by atoms with Crippen LogP contribution in [0.5, 0.6) is 11.5 Å². The van der Waals surface area contributed by atoms with Gasteiger partial charge in [0.15, 0.2) is 5.76 Å². The molecular weight excluding hydrogens is 488 g/mol. The first-order valence-corrected chi connectivity index (χ1v) is 12.4. The van der Waals surface area contributed by atoms with Crippen molar-refractivity contribution < 1.29 is 24.2 Å². The molecule has 3 N–H and O–H groups in total. The van der Waals surface area contributed by atoms with Crippen LogP contribution in [-0.2, 0) is 16.1 Å². The Bertz CT molecular complexity index is 1420. The maximum Gasteiger partial charge on any atom is 0.251 e. The molecule has 1 aliphatic rings. The Morgan fingerprint density at radius 2 is 1.84 bits per heavy atom. The highest BCUT2D eigenvalue weighted by Gasteiger charge is 2.35. The molecular formula is C27H28N6O5. The van der Waals surface area contributed by atoms with Gasteiger partial charge >= 0.3 is 0 Å². The standard InChI is InChI=1S/C27H28N6O5/c1-17-9-14-23(38-17)26-29-31-32(30-26)16-24(36)33(20-7-4-8-22(35)15-20)25(18-10-12-21(34)13-11-18)27(37)28-19-5-2-3-6-19/h4,7-15,19,25,34-35H,2-3,5-6,16H2,1H3,(H,28,37)/t25-/m1/s1. The number of aromatic nitrogens is 4. The van der Waals surface area contributed by atoms with E-state index in [-0.39, 0.29) is 35.8 Å². The lowest BCUT2D eigenvalue weighted by Gasteiger charge is -2.32. The fourth-order valence-electron chi connectivity index (χ4n) is 4.67. The van der Waals surface area contributed by atoms with Crippen molar-refractivity contribution in [2.75, 3.05) is 4.90 Å². The van der Waals surface area contributed by atoms with Gasteiger partial charge in [-0.05, 0) is 66.9 Å². The summed E-state index contributed by atoms with van der Waals surface area (Å²) in [7, 11) is 0. The number of phenols is 2. The minimum atomic E-state index is -1.08. The van der Waals surface area contributed by atoms with Gasteiger partial charge in [0.25, 0.3) is 5.91 Å². The molecule has 0 unspecified atom stereocenters. The Balaban J connectivity index is 1.51. The van der Waals surface area contributed by atoms with Crippen LogP contribution in [-0.4, -0.2) is 48.3 Å². The molecule has 1 fully saturated rings. The zero-order chi connectivity index (χ0) is 26.6. The summed E-state index contributed by atoms with van der Waals surface area (Å²) in [4.78, 5) is 30.0. The van der Waals surface area contributed by atoms with E-state index in [1.807, 2.05) is 0 Å². The molecule has 4 aromatic rings. The Kier molecular flexibility index (Phi) is 7.07. The van der Waals surface area contributed by atoms with Crippen molar-refractivity contribution in [3.05, 3.63) is 72.0 Å². The summed E-state index contributed by atoms with van der Waals surface area (Å²) >= 11 is 0. The molecule has 1 atom stereocenters. The van der Waals surface area contributed by atoms with Crippen LogP contribution in [0.15, 0.2) is 65.1 Å². The third kappa shape index (κ3) is 5.51. The van der Waals surface area contributed by atoms with Gasteiger partial charge in [0.1, 0.15) is 29.8 Å². The summed E-state index contributed by atoms with van der Waals surface area (Å²) in [6.45, 7) is 1.47. The Labute approximate surface area is 218 Å². The van der Waals surface area contributed by atoms with Crippen LogP contribution in [0.3, 0.4) is 0 Å². The van der Waals surface area contributed by atoms with Crippen LogP contribution in [0.1, 0.15) is 43.0 Å². The van der Waals surface area contributed by atoms with E-state index in [0.29, 0.717) is 22.8 Å². The van der Waals surface area contributed by atoms with Crippen molar-refractivity contribution in [3.8, 4) is 23.1 Å². The quantitative estimate of drug-likeness (QED) is 0.323. The summed E-state index contributed by atoms with van der Waals surface area (Å²) in [5.41, 5.74) is 0.810. The van der Waals surface area contributed by atoms with E-state index in [0.717, 1.165) is 30.5 Å². The van der Waals surface area contributed by atoms with Crippen molar-refractivity contribution in [2.45, 2.75) is 51.2 Å². The van der Waals surface area contributed by atoms with Crippen molar-refractivity contribution >= 4 is 17.5 Å².